The summed E-state index contributed by atoms with van der Waals surface area (Å²) < 4.78 is 5.64. The molecule has 1 aliphatic heterocycles. The highest BCUT2D eigenvalue weighted by Crippen LogP contribution is 2.31. The Balaban J connectivity index is 1.61. The van der Waals surface area contributed by atoms with Gasteiger partial charge in [0.15, 0.2) is 0 Å². The second kappa shape index (κ2) is 7.53. The number of non-ortho nitro benzene ring substituents is 1. The van der Waals surface area contributed by atoms with Crippen LogP contribution >= 0.6 is 11.6 Å². The molecule has 0 aliphatic carbocycles. The highest BCUT2D eigenvalue weighted by atomic mass is 35.5. The zero-order valence-corrected chi connectivity index (χ0v) is 14.2. The second-order valence-electron chi connectivity index (χ2n) is 5.77. The van der Waals surface area contributed by atoms with Crippen LogP contribution < -0.4 is 9.64 Å². The van der Waals surface area contributed by atoms with Gasteiger partial charge in [0, 0.05) is 35.8 Å². The third-order valence-electron chi connectivity index (χ3n) is 4.08. The predicted molar refractivity (Wildman–Crippen MR) is 95.3 cm³/mol. The molecule has 0 aromatic heterocycles. The van der Waals surface area contributed by atoms with Gasteiger partial charge in [-0.3, -0.25) is 14.9 Å². The van der Waals surface area contributed by atoms with Gasteiger partial charge in [-0.2, -0.15) is 0 Å². The van der Waals surface area contributed by atoms with Crippen molar-refractivity contribution < 1.29 is 14.5 Å². The Bertz CT molecular complexity index is 792. The summed E-state index contributed by atoms with van der Waals surface area (Å²) in [7, 11) is 0. The maximum atomic E-state index is 12.2. The van der Waals surface area contributed by atoms with E-state index in [1.54, 1.807) is 41.3 Å². The molecule has 0 N–H and O–H groups in total. The van der Waals surface area contributed by atoms with Gasteiger partial charge in [0.2, 0.25) is 5.91 Å². The molecule has 0 fully saturated rings. The van der Waals surface area contributed by atoms with Crippen molar-refractivity contribution in [3.05, 3.63) is 63.2 Å². The first-order chi connectivity index (χ1) is 12.0. The van der Waals surface area contributed by atoms with E-state index in [4.69, 9.17) is 16.3 Å². The van der Waals surface area contributed by atoms with E-state index in [1.807, 2.05) is 0 Å². The summed E-state index contributed by atoms with van der Waals surface area (Å²) in [4.78, 5) is 24.4. The summed E-state index contributed by atoms with van der Waals surface area (Å²) in [6.07, 6.45) is 1.56. The number of ether oxygens (including phenoxy) is 1. The molecule has 2 aromatic carbocycles. The average molecular weight is 361 g/mol. The Kier molecular flexibility index (Phi) is 5.19. The minimum Gasteiger partial charge on any atom is -0.494 e. The van der Waals surface area contributed by atoms with Crippen molar-refractivity contribution in [1.82, 2.24) is 0 Å². The highest BCUT2D eigenvalue weighted by Gasteiger charge is 2.25. The molecule has 1 aliphatic rings. The van der Waals surface area contributed by atoms with Crippen LogP contribution in [0.15, 0.2) is 42.5 Å². The molecule has 25 heavy (non-hydrogen) atoms. The number of hydrogen-bond acceptors (Lipinski definition) is 4. The number of halogens is 1. The minimum absolute atomic E-state index is 0.0350. The van der Waals surface area contributed by atoms with Crippen molar-refractivity contribution in [2.75, 3.05) is 18.1 Å². The summed E-state index contributed by atoms with van der Waals surface area (Å²) in [5, 5.41) is 11.5. The first-order valence-electron chi connectivity index (χ1n) is 8.00. The maximum Gasteiger partial charge on any atom is 0.269 e. The second-order valence-corrected chi connectivity index (χ2v) is 6.21. The third-order valence-corrected chi connectivity index (χ3v) is 4.33. The topological polar surface area (TPSA) is 72.7 Å². The zero-order chi connectivity index (χ0) is 17.8. The number of anilines is 1. The minimum atomic E-state index is -0.416. The van der Waals surface area contributed by atoms with Crippen LogP contribution in [0, 0.1) is 10.1 Å². The largest absolute Gasteiger partial charge is 0.494 e. The first kappa shape index (κ1) is 17.2. The Labute approximate surface area is 150 Å². The number of fused-ring (bicyclic) bond motifs is 1. The SMILES string of the molecule is O=C1CCc2cc([N+](=O)[O-])ccc2N1CCCOc1ccc(Cl)cc1. The van der Waals surface area contributed by atoms with E-state index in [9.17, 15) is 14.9 Å². The number of nitro benzene ring substituents is 1. The van der Waals surface area contributed by atoms with E-state index in [0.717, 1.165) is 17.0 Å². The quantitative estimate of drug-likeness (QED) is 0.443. The molecule has 0 bridgehead atoms. The Morgan fingerprint density at radius 2 is 1.92 bits per heavy atom. The standard InChI is InChI=1S/C18H17ClN2O4/c19-14-3-6-16(7-4-14)25-11-1-10-20-17-8-5-15(21(23)24)12-13(17)2-9-18(20)22/h3-8,12H,1-2,9-11H2. The molecule has 0 saturated heterocycles. The normalized spacial score (nSPS) is 13.5. The molecule has 6 nitrogen and oxygen atoms in total. The predicted octanol–water partition coefficient (Wildman–Crippen LogP) is 4.00. The molecular weight excluding hydrogens is 344 g/mol. The summed E-state index contributed by atoms with van der Waals surface area (Å²) in [5.74, 6) is 0.762. The van der Waals surface area contributed by atoms with E-state index in [1.165, 1.54) is 6.07 Å². The Hall–Kier alpha value is -2.60. The molecule has 3 rings (SSSR count). The number of amides is 1. The summed E-state index contributed by atoms with van der Waals surface area (Å²) in [6, 6.07) is 11.8. The number of nitrogens with zero attached hydrogens (tertiary/aromatic N) is 2. The van der Waals surface area contributed by atoms with E-state index in [0.29, 0.717) is 37.4 Å². The van der Waals surface area contributed by atoms with Gasteiger partial charge in [-0.15, -0.1) is 0 Å². The van der Waals surface area contributed by atoms with Crippen LogP contribution in [0.2, 0.25) is 5.02 Å². The van der Waals surface area contributed by atoms with Crippen LogP contribution in [-0.4, -0.2) is 24.0 Å². The smallest absolute Gasteiger partial charge is 0.269 e. The molecule has 1 heterocycles. The van der Waals surface area contributed by atoms with E-state index < -0.39 is 4.92 Å². The van der Waals surface area contributed by atoms with E-state index >= 15 is 0 Å². The number of carbonyl (C=O) groups excluding carboxylic acids is 1. The van der Waals surface area contributed by atoms with Crippen molar-refractivity contribution in [2.45, 2.75) is 19.3 Å². The number of hydrogen-bond donors (Lipinski definition) is 0. The number of benzene rings is 2. The van der Waals surface area contributed by atoms with Crippen LogP contribution in [-0.2, 0) is 11.2 Å². The fourth-order valence-corrected chi connectivity index (χ4v) is 2.97. The molecule has 0 radical (unpaired) electrons. The highest BCUT2D eigenvalue weighted by molar-refractivity contribution is 6.30. The fourth-order valence-electron chi connectivity index (χ4n) is 2.85. The van der Waals surface area contributed by atoms with Crippen molar-refractivity contribution in [3.63, 3.8) is 0 Å². The van der Waals surface area contributed by atoms with Crippen molar-refractivity contribution in [1.29, 1.82) is 0 Å². The lowest BCUT2D eigenvalue weighted by Crippen LogP contribution is -2.36. The number of nitro groups is 1. The summed E-state index contributed by atoms with van der Waals surface area (Å²) in [6.45, 7) is 0.977. The molecule has 2 aromatic rings. The number of carbonyl (C=O) groups is 1. The summed E-state index contributed by atoms with van der Waals surface area (Å²) in [5.41, 5.74) is 1.65. The molecule has 7 heteroatoms. The van der Waals surface area contributed by atoms with Gasteiger partial charge in [-0.25, -0.2) is 0 Å². The van der Waals surface area contributed by atoms with Crippen LogP contribution in [0.4, 0.5) is 11.4 Å². The van der Waals surface area contributed by atoms with Gasteiger partial charge in [0.25, 0.3) is 5.69 Å². The molecule has 0 atom stereocenters. The van der Waals surface area contributed by atoms with E-state index in [-0.39, 0.29) is 11.6 Å². The van der Waals surface area contributed by atoms with Gasteiger partial charge < -0.3 is 9.64 Å². The van der Waals surface area contributed by atoms with Gasteiger partial charge in [-0.05, 0) is 48.7 Å². The molecule has 1 amide bonds. The molecular formula is C18H17ClN2O4. The van der Waals surface area contributed by atoms with Crippen LogP contribution in [0.3, 0.4) is 0 Å². The van der Waals surface area contributed by atoms with E-state index in [2.05, 4.69) is 0 Å². The third kappa shape index (κ3) is 4.09. The lowest BCUT2D eigenvalue weighted by atomic mass is 10.0. The Morgan fingerprint density at radius 3 is 2.64 bits per heavy atom. The van der Waals surface area contributed by atoms with Crippen LogP contribution in [0.25, 0.3) is 0 Å². The first-order valence-corrected chi connectivity index (χ1v) is 8.38. The van der Waals surface area contributed by atoms with Crippen molar-refractivity contribution >= 4 is 28.9 Å². The molecule has 0 unspecified atom stereocenters. The molecule has 0 saturated carbocycles. The summed E-state index contributed by atoms with van der Waals surface area (Å²) >= 11 is 5.83. The van der Waals surface area contributed by atoms with Gasteiger partial charge in [0.05, 0.1) is 11.5 Å². The molecule has 130 valence electrons. The van der Waals surface area contributed by atoms with Crippen LogP contribution in [0.5, 0.6) is 5.75 Å². The van der Waals surface area contributed by atoms with Gasteiger partial charge in [0.1, 0.15) is 5.75 Å². The molecule has 0 spiro atoms. The fraction of sp³-hybridized carbons (Fsp3) is 0.278. The van der Waals surface area contributed by atoms with Crippen molar-refractivity contribution in [2.24, 2.45) is 0 Å². The van der Waals surface area contributed by atoms with Gasteiger partial charge >= 0.3 is 0 Å². The number of rotatable bonds is 6. The van der Waals surface area contributed by atoms with Crippen molar-refractivity contribution in [3.8, 4) is 5.75 Å². The lowest BCUT2D eigenvalue weighted by Gasteiger charge is -2.29. The van der Waals surface area contributed by atoms with Gasteiger partial charge in [-0.1, -0.05) is 11.6 Å². The zero-order valence-electron chi connectivity index (χ0n) is 13.5. The lowest BCUT2D eigenvalue weighted by molar-refractivity contribution is -0.384. The van der Waals surface area contributed by atoms with Crippen LogP contribution in [0.1, 0.15) is 18.4 Å². The Morgan fingerprint density at radius 1 is 1.16 bits per heavy atom. The monoisotopic (exact) mass is 360 g/mol. The average Bonchev–Trinajstić information content (AvgIpc) is 2.61. The maximum absolute atomic E-state index is 12.2. The number of aryl methyl sites for hydroxylation is 1.